The molecule has 3 aromatic heterocycles. The Morgan fingerprint density at radius 3 is 2.87 bits per heavy atom. The molecule has 1 aliphatic heterocycles. The number of thiazole rings is 1. The number of amides is 1. The minimum Gasteiger partial charge on any atom is -0.418 e. The predicted octanol–water partition coefficient (Wildman–Crippen LogP) is 3.40. The van der Waals surface area contributed by atoms with E-state index in [-0.39, 0.29) is 6.54 Å². The summed E-state index contributed by atoms with van der Waals surface area (Å²) in [5.41, 5.74) is 5.95. The van der Waals surface area contributed by atoms with Gasteiger partial charge in [-0.15, -0.1) is 11.3 Å². The van der Waals surface area contributed by atoms with E-state index in [1.54, 1.807) is 0 Å². The van der Waals surface area contributed by atoms with Crippen molar-refractivity contribution >= 4 is 33.5 Å². The van der Waals surface area contributed by atoms with Gasteiger partial charge in [0.2, 0.25) is 5.76 Å². The van der Waals surface area contributed by atoms with Gasteiger partial charge in [-0.25, -0.2) is 9.97 Å². The fourth-order valence-electron chi connectivity index (χ4n) is 3.56. The van der Waals surface area contributed by atoms with Gasteiger partial charge in [0.15, 0.2) is 5.69 Å². The van der Waals surface area contributed by atoms with Crippen LogP contribution in [-0.2, 0) is 12.6 Å². The summed E-state index contributed by atoms with van der Waals surface area (Å²) in [6.07, 6.45) is -3.00. The van der Waals surface area contributed by atoms with Gasteiger partial charge in [0.05, 0.1) is 22.2 Å². The van der Waals surface area contributed by atoms with Crippen molar-refractivity contribution in [2.75, 3.05) is 12.3 Å². The summed E-state index contributed by atoms with van der Waals surface area (Å²) in [4.78, 5) is 29.6. The Morgan fingerprint density at radius 2 is 2.10 bits per heavy atom. The Balaban J connectivity index is 1.63. The van der Waals surface area contributed by atoms with Crippen LogP contribution in [0.25, 0.3) is 10.2 Å². The van der Waals surface area contributed by atoms with E-state index in [9.17, 15) is 18.0 Å². The number of rotatable bonds is 2. The SMILES string of the molecule is Nc1nc(C(F)(F)F)c(C(=O)N2CCc3[nH]cnc3[C@H]2c2nc3ccccc3s2)o1. The smallest absolute Gasteiger partial charge is 0.418 e. The third-order valence-electron chi connectivity index (χ3n) is 4.84. The van der Waals surface area contributed by atoms with Gasteiger partial charge >= 0.3 is 6.18 Å². The van der Waals surface area contributed by atoms with Gasteiger partial charge in [-0.3, -0.25) is 4.79 Å². The summed E-state index contributed by atoms with van der Waals surface area (Å²) in [5.74, 6) is -1.91. The third-order valence-corrected chi connectivity index (χ3v) is 5.93. The third kappa shape index (κ3) is 2.91. The second kappa shape index (κ2) is 6.55. The first-order valence-corrected chi connectivity index (χ1v) is 9.66. The molecule has 0 spiro atoms. The fourth-order valence-corrected chi connectivity index (χ4v) is 4.64. The number of nitrogen functional groups attached to an aromatic ring is 1. The lowest BCUT2D eigenvalue weighted by atomic mass is 10.0. The van der Waals surface area contributed by atoms with Crippen LogP contribution in [0, 0.1) is 0 Å². The molecule has 1 amide bonds. The molecular formula is C18H13F3N6O2S. The summed E-state index contributed by atoms with van der Waals surface area (Å²) in [7, 11) is 0. The zero-order valence-electron chi connectivity index (χ0n) is 15.1. The number of halogens is 3. The molecular weight excluding hydrogens is 421 g/mol. The number of oxazole rings is 1. The highest BCUT2D eigenvalue weighted by Gasteiger charge is 2.45. The molecule has 0 saturated carbocycles. The van der Waals surface area contributed by atoms with Gasteiger partial charge in [-0.05, 0) is 12.1 Å². The van der Waals surface area contributed by atoms with Crippen molar-refractivity contribution in [3.05, 3.63) is 58.4 Å². The van der Waals surface area contributed by atoms with Gasteiger partial charge in [0.25, 0.3) is 11.9 Å². The summed E-state index contributed by atoms with van der Waals surface area (Å²) < 4.78 is 45.9. The van der Waals surface area contributed by atoms with Gasteiger partial charge in [-0.1, -0.05) is 12.1 Å². The van der Waals surface area contributed by atoms with Crippen LogP contribution in [0.3, 0.4) is 0 Å². The van der Waals surface area contributed by atoms with Gasteiger partial charge in [-0.2, -0.15) is 18.2 Å². The maximum Gasteiger partial charge on any atom is 0.437 e. The second-order valence-corrected chi connectivity index (χ2v) is 7.73. The van der Waals surface area contributed by atoms with Crippen LogP contribution >= 0.6 is 11.3 Å². The van der Waals surface area contributed by atoms with E-state index in [4.69, 9.17) is 10.2 Å². The Bertz CT molecular complexity index is 1230. The molecule has 0 saturated heterocycles. The molecule has 154 valence electrons. The lowest BCUT2D eigenvalue weighted by Crippen LogP contribution is -2.41. The average molecular weight is 434 g/mol. The number of H-pyrrole nitrogens is 1. The molecule has 1 aliphatic rings. The minimum atomic E-state index is -4.88. The molecule has 0 fully saturated rings. The van der Waals surface area contributed by atoms with Gasteiger partial charge in [0, 0.05) is 18.7 Å². The molecule has 0 aliphatic carbocycles. The van der Waals surface area contributed by atoms with E-state index in [0.717, 1.165) is 15.9 Å². The van der Waals surface area contributed by atoms with Gasteiger partial charge in [0.1, 0.15) is 11.0 Å². The van der Waals surface area contributed by atoms with Crippen LogP contribution in [0.15, 0.2) is 35.0 Å². The maximum atomic E-state index is 13.4. The summed E-state index contributed by atoms with van der Waals surface area (Å²) in [5, 5.41) is 0.540. The van der Waals surface area contributed by atoms with Crippen LogP contribution in [0.2, 0.25) is 0 Å². The first-order valence-electron chi connectivity index (χ1n) is 8.85. The van der Waals surface area contributed by atoms with E-state index in [0.29, 0.717) is 17.1 Å². The maximum absolute atomic E-state index is 13.4. The van der Waals surface area contributed by atoms with E-state index < -0.39 is 35.6 Å². The number of nitrogens with zero attached hydrogens (tertiary/aromatic N) is 4. The molecule has 1 aromatic carbocycles. The lowest BCUT2D eigenvalue weighted by molar-refractivity contribution is -0.141. The summed E-state index contributed by atoms with van der Waals surface area (Å²) in [6, 6.07) is 5.92. The van der Waals surface area contributed by atoms with Crippen LogP contribution in [0.5, 0.6) is 0 Å². The first-order chi connectivity index (χ1) is 14.3. The number of nitrogens with one attached hydrogen (secondary N) is 1. The van der Waals surface area contributed by atoms with Crippen molar-refractivity contribution in [2.24, 2.45) is 0 Å². The molecule has 0 radical (unpaired) electrons. The zero-order valence-corrected chi connectivity index (χ0v) is 15.9. The molecule has 3 N–H and O–H groups in total. The normalized spacial score (nSPS) is 16.8. The van der Waals surface area contributed by atoms with E-state index >= 15 is 0 Å². The van der Waals surface area contributed by atoms with Crippen LogP contribution in [-0.4, -0.2) is 37.3 Å². The largest absolute Gasteiger partial charge is 0.437 e. The zero-order chi connectivity index (χ0) is 21.0. The number of hydrogen-bond acceptors (Lipinski definition) is 7. The Morgan fingerprint density at radius 1 is 1.30 bits per heavy atom. The summed E-state index contributed by atoms with van der Waals surface area (Å²) in [6.45, 7) is 0.145. The van der Waals surface area contributed by atoms with E-state index in [1.165, 1.54) is 22.6 Å². The highest BCUT2D eigenvalue weighted by molar-refractivity contribution is 7.18. The predicted molar refractivity (Wildman–Crippen MR) is 101 cm³/mol. The monoisotopic (exact) mass is 434 g/mol. The Hall–Kier alpha value is -3.41. The van der Waals surface area contributed by atoms with Crippen molar-refractivity contribution in [1.29, 1.82) is 0 Å². The van der Waals surface area contributed by atoms with Crippen molar-refractivity contribution in [3.63, 3.8) is 0 Å². The lowest BCUT2D eigenvalue weighted by Gasteiger charge is -2.33. The second-order valence-electron chi connectivity index (χ2n) is 6.66. The standard InChI is InChI=1S/C18H13F3N6O2S/c19-18(20,21)14-13(29-17(22)26-14)16(28)27-6-5-9-11(24-7-23-9)12(27)15-25-8-3-1-2-4-10(8)30-15/h1-4,7,12H,5-6H2,(H2,22,26)(H,23,24)/t12-/m0/s1. The Labute approximate surface area is 170 Å². The highest BCUT2D eigenvalue weighted by Crippen LogP contribution is 2.40. The number of nitrogens with two attached hydrogens (primary N) is 1. The molecule has 0 bridgehead atoms. The van der Waals surface area contributed by atoms with Crippen molar-refractivity contribution in [2.45, 2.75) is 18.6 Å². The number of imidazole rings is 1. The molecule has 4 aromatic rings. The molecule has 5 rings (SSSR count). The van der Waals surface area contributed by atoms with Crippen LogP contribution in [0.1, 0.15) is 38.7 Å². The number of aromatic nitrogens is 4. The Kier molecular flexibility index (Phi) is 4.07. The fraction of sp³-hybridized carbons (Fsp3) is 0.222. The number of para-hydroxylation sites is 1. The molecule has 0 unspecified atom stereocenters. The highest BCUT2D eigenvalue weighted by atomic mass is 32.1. The van der Waals surface area contributed by atoms with Crippen molar-refractivity contribution in [3.8, 4) is 0 Å². The van der Waals surface area contributed by atoms with Crippen molar-refractivity contribution in [1.82, 2.24) is 24.8 Å². The quantitative estimate of drug-likeness (QED) is 0.500. The number of aromatic amines is 1. The number of carbonyl (C=O) groups excluding carboxylic acids is 1. The number of carbonyl (C=O) groups is 1. The number of fused-ring (bicyclic) bond motifs is 2. The number of alkyl halides is 3. The van der Waals surface area contributed by atoms with Gasteiger partial charge < -0.3 is 20.0 Å². The van der Waals surface area contributed by atoms with Crippen LogP contribution in [0.4, 0.5) is 19.2 Å². The van der Waals surface area contributed by atoms with Crippen LogP contribution < -0.4 is 5.73 Å². The molecule has 30 heavy (non-hydrogen) atoms. The van der Waals surface area contributed by atoms with E-state index in [2.05, 4.69) is 19.9 Å². The molecule has 12 heteroatoms. The minimum absolute atomic E-state index is 0.145. The molecule has 1 atom stereocenters. The first kappa shape index (κ1) is 18.6. The average Bonchev–Trinajstić information content (AvgIpc) is 3.43. The number of benzene rings is 1. The molecule has 4 heterocycles. The topological polar surface area (TPSA) is 114 Å². The summed E-state index contributed by atoms with van der Waals surface area (Å²) >= 11 is 1.35. The van der Waals surface area contributed by atoms with E-state index in [1.807, 2.05) is 24.3 Å². The number of anilines is 1. The number of hydrogen-bond donors (Lipinski definition) is 2. The van der Waals surface area contributed by atoms with Crippen molar-refractivity contribution < 1.29 is 22.4 Å². The molecule has 8 nitrogen and oxygen atoms in total.